The maximum atomic E-state index is 12.6. The lowest BCUT2D eigenvalue weighted by molar-refractivity contribution is -0.696. The second-order valence-corrected chi connectivity index (χ2v) is 13.3. The minimum atomic E-state index is 0.0356. The number of thiophene rings is 2. The van der Waals surface area contributed by atoms with E-state index < -0.39 is 0 Å². The predicted molar refractivity (Wildman–Crippen MR) is 186 cm³/mol. The molecule has 0 atom stereocenters. The molecule has 0 aliphatic heterocycles. The van der Waals surface area contributed by atoms with Crippen molar-refractivity contribution in [1.82, 2.24) is 9.80 Å². The van der Waals surface area contributed by atoms with Crippen molar-refractivity contribution in [1.29, 1.82) is 0 Å². The average molecular weight is 645 g/mol. The summed E-state index contributed by atoms with van der Waals surface area (Å²) in [6.45, 7) is 2.73. The minimum Gasteiger partial charge on any atom is -0.335 e. The van der Waals surface area contributed by atoms with Crippen molar-refractivity contribution < 1.29 is 18.7 Å². The lowest BCUT2D eigenvalue weighted by Crippen LogP contribution is -2.40. The summed E-state index contributed by atoms with van der Waals surface area (Å²) in [5.41, 5.74) is 3.79. The summed E-state index contributed by atoms with van der Waals surface area (Å²) in [6.07, 6.45) is 8.33. The summed E-state index contributed by atoms with van der Waals surface area (Å²) in [7, 11) is 3.69. The van der Waals surface area contributed by atoms with E-state index >= 15 is 0 Å². The van der Waals surface area contributed by atoms with E-state index in [2.05, 4.69) is 82.5 Å². The fourth-order valence-electron chi connectivity index (χ4n) is 5.13. The Labute approximate surface area is 278 Å². The highest BCUT2D eigenvalue weighted by Crippen LogP contribution is 2.40. The molecule has 0 saturated carbocycles. The molecule has 46 heavy (non-hydrogen) atoms. The van der Waals surface area contributed by atoms with Gasteiger partial charge in [0, 0.05) is 80.1 Å². The Balaban J connectivity index is 1.03. The molecule has 0 aliphatic rings. The molecule has 0 saturated heterocycles. The van der Waals surface area contributed by atoms with Crippen molar-refractivity contribution in [3.05, 3.63) is 145 Å². The molecule has 0 spiro atoms. The summed E-state index contributed by atoms with van der Waals surface area (Å²) in [4.78, 5) is 33.7. The first kappa shape index (κ1) is 31.1. The van der Waals surface area contributed by atoms with Crippen LogP contribution in [0, 0.1) is 0 Å². The molecule has 6 rings (SSSR count). The lowest BCUT2D eigenvalue weighted by Gasteiger charge is -2.15. The van der Waals surface area contributed by atoms with Crippen LogP contribution in [-0.4, -0.2) is 48.8 Å². The molecule has 4 aromatic heterocycles. The molecule has 6 aromatic rings. The topological polar surface area (TPSA) is 48.4 Å². The molecule has 230 valence electrons. The summed E-state index contributed by atoms with van der Waals surface area (Å²) in [5, 5.41) is 0. The van der Waals surface area contributed by atoms with Crippen LogP contribution < -0.4 is 9.13 Å². The Hall–Kier alpha value is -4.92. The number of carbonyl (C=O) groups excluding carboxylic acids is 2. The van der Waals surface area contributed by atoms with Crippen LogP contribution >= 0.6 is 22.7 Å². The smallest absolute Gasteiger partial charge is 0.253 e. The van der Waals surface area contributed by atoms with Crippen molar-refractivity contribution in [2.45, 2.75) is 13.1 Å². The zero-order valence-electron chi connectivity index (χ0n) is 26.0. The van der Waals surface area contributed by atoms with Crippen LogP contribution in [-0.2, 0) is 13.1 Å². The number of hydrogen-bond donors (Lipinski definition) is 0. The summed E-state index contributed by atoms with van der Waals surface area (Å²) >= 11 is 3.60. The van der Waals surface area contributed by atoms with Gasteiger partial charge in [0.25, 0.3) is 11.8 Å². The van der Waals surface area contributed by atoms with Crippen molar-refractivity contribution in [2.24, 2.45) is 0 Å². The van der Waals surface area contributed by atoms with Crippen molar-refractivity contribution in [3.63, 3.8) is 0 Å². The van der Waals surface area contributed by atoms with Crippen molar-refractivity contribution >= 4 is 34.5 Å². The Morgan fingerprint density at radius 2 is 0.848 bits per heavy atom. The molecule has 2 aromatic carbocycles. The van der Waals surface area contributed by atoms with Crippen LogP contribution in [0.15, 0.2) is 134 Å². The number of likely N-dealkylation sites (N-methyl/N-ethyl adjacent to an activating group) is 2. The van der Waals surface area contributed by atoms with Crippen LogP contribution in [0.3, 0.4) is 0 Å². The average Bonchev–Trinajstić information content (AvgIpc) is 3.81. The highest BCUT2D eigenvalue weighted by atomic mass is 32.1. The van der Waals surface area contributed by atoms with Gasteiger partial charge in [-0.3, -0.25) is 9.59 Å². The van der Waals surface area contributed by atoms with E-state index in [0.717, 1.165) is 13.1 Å². The molecule has 0 unspecified atom stereocenters. The van der Waals surface area contributed by atoms with E-state index in [9.17, 15) is 9.59 Å². The van der Waals surface area contributed by atoms with Crippen LogP contribution in [0.2, 0.25) is 0 Å². The highest BCUT2D eigenvalue weighted by Gasteiger charge is 2.15. The quantitative estimate of drug-likeness (QED) is 0.144. The monoisotopic (exact) mass is 644 g/mol. The lowest BCUT2D eigenvalue weighted by atomic mass is 10.2. The number of amides is 2. The van der Waals surface area contributed by atoms with E-state index in [1.54, 1.807) is 32.5 Å². The normalized spacial score (nSPS) is 10.9. The molecule has 0 aliphatic carbocycles. The number of aromatic nitrogens is 2. The number of benzene rings is 2. The van der Waals surface area contributed by atoms with Gasteiger partial charge in [0.15, 0.2) is 37.9 Å². The molecule has 0 N–H and O–H groups in total. The maximum Gasteiger partial charge on any atom is 0.253 e. The van der Waals surface area contributed by atoms with Crippen LogP contribution in [0.4, 0.5) is 0 Å². The van der Waals surface area contributed by atoms with Gasteiger partial charge in [-0.15, -0.1) is 22.7 Å². The van der Waals surface area contributed by atoms with Gasteiger partial charge in [0.2, 0.25) is 0 Å². The summed E-state index contributed by atoms with van der Waals surface area (Å²) in [6, 6.07) is 36.2. The zero-order valence-corrected chi connectivity index (χ0v) is 27.6. The van der Waals surface area contributed by atoms with Gasteiger partial charge in [-0.1, -0.05) is 36.4 Å². The molecule has 0 bridgehead atoms. The fraction of sp³-hybridized carbons (Fsp3) is 0.158. The van der Waals surface area contributed by atoms with Crippen molar-refractivity contribution in [2.75, 3.05) is 27.2 Å². The first-order valence-corrected chi connectivity index (χ1v) is 16.9. The van der Waals surface area contributed by atoms with E-state index in [1.807, 2.05) is 74.8 Å². The third-order valence-electron chi connectivity index (χ3n) is 7.93. The van der Waals surface area contributed by atoms with E-state index in [4.69, 9.17) is 0 Å². The molecule has 2 amide bonds. The Bertz CT molecular complexity index is 1760. The molecule has 6 nitrogen and oxygen atoms in total. The van der Waals surface area contributed by atoms with E-state index in [-0.39, 0.29) is 11.8 Å². The standard InChI is InChI=1S/C38H36N4O2S2/c1-39(37(43)31-9-5-3-6-10-31)25-27-41-21-17-29(18-22-41)33-13-15-35(45-33)36-16-14-34(46-36)30-19-23-42(24-20-30)28-26-40(2)38(44)32-11-7-4-8-12-32/h3-24H,25-28H2,1-2H3/q+2. The molecular weight excluding hydrogens is 609 g/mol. The third kappa shape index (κ3) is 7.47. The van der Waals surface area contributed by atoms with E-state index in [0.29, 0.717) is 24.2 Å². The second-order valence-electron chi connectivity index (χ2n) is 11.2. The molecule has 4 heterocycles. The fourth-order valence-corrected chi connectivity index (χ4v) is 7.24. The van der Waals surface area contributed by atoms with Crippen LogP contribution in [0.1, 0.15) is 20.7 Å². The number of nitrogens with zero attached hydrogens (tertiary/aromatic N) is 4. The van der Waals surface area contributed by atoms with Crippen molar-refractivity contribution in [3.8, 4) is 30.6 Å². The molecule has 0 radical (unpaired) electrons. The van der Waals surface area contributed by atoms with Gasteiger partial charge in [-0.25, -0.2) is 9.13 Å². The predicted octanol–water partition coefficient (Wildman–Crippen LogP) is 6.93. The minimum absolute atomic E-state index is 0.0356. The number of carbonyl (C=O) groups is 2. The largest absolute Gasteiger partial charge is 0.335 e. The number of rotatable bonds is 11. The Morgan fingerprint density at radius 3 is 1.22 bits per heavy atom. The summed E-state index contributed by atoms with van der Waals surface area (Å²) in [5.74, 6) is 0.0713. The zero-order chi connectivity index (χ0) is 31.9. The van der Waals surface area contributed by atoms with E-state index in [1.165, 1.54) is 30.6 Å². The van der Waals surface area contributed by atoms with Gasteiger partial charge < -0.3 is 9.80 Å². The third-order valence-corrected chi connectivity index (χ3v) is 10.4. The first-order chi connectivity index (χ1) is 22.4. The van der Waals surface area contributed by atoms with Gasteiger partial charge in [0.05, 0.1) is 13.1 Å². The van der Waals surface area contributed by atoms with Gasteiger partial charge in [-0.05, 0) is 48.5 Å². The van der Waals surface area contributed by atoms with Gasteiger partial charge >= 0.3 is 0 Å². The van der Waals surface area contributed by atoms with Gasteiger partial charge in [-0.2, -0.15) is 0 Å². The first-order valence-electron chi connectivity index (χ1n) is 15.2. The highest BCUT2D eigenvalue weighted by molar-refractivity contribution is 7.25. The number of hydrogen-bond acceptors (Lipinski definition) is 4. The SMILES string of the molecule is CN(CC[n+]1ccc(-c2ccc(-c3ccc(-c4cc[n+](CCN(C)C(=O)c5ccccc5)cc4)s3)s2)cc1)C(=O)c1ccccc1. The Kier molecular flexibility index (Phi) is 9.76. The molecular formula is C38H36N4O2S2+2. The van der Waals surface area contributed by atoms with Crippen LogP contribution in [0.25, 0.3) is 30.6 Å². The van der Waals surface area contributed by atoms with Gasteiger partial charge in [0.1, 0.15) is 0 Å². The summed E-state index contributed by atoms with van der Waals surface area (Å²) < 4.78 is 4.23. The van der Waals surface area contributed by atoms with Crippen LogP contribution in [0.5, 0.6) is 0 Å². The maximum absolute atomic E-state index is 12.6. The molecule has 0 fully saturated rings. The second kappa shape index (κ2) is 14.5. The molecule has 8 heteroatoms. The Morgan fingerprint density at radius 1 is 0.500 bits per heavy atom. The number of pyridine rings is 2.